The second-order valence-electron chi connectivity index (χ2n) is 18.9. The lowest BCUT2D eigenvalue weighted by Crippen LogP contribution is -2.59. The van der Waals surface area contributed by atoms with Gasteiger partial charge in [-0.05, 0) is 129 Å². The number of sulfonamides is 1. The molecular weight excluding hydrogens is 862 g/mol. The van der Waals surface area contributed by atoms with E-state index in [2.05, 4.69) is 22.3 Å². The maximum atomic E-state index is 15.1. The number of fused-ring (bicyclic) bond motifs is 4. The van der Waals surface area contributed by atoms with Crippen LogP contribution in [0.2, 0.25) is 5.02 Å². The maximum Gasteiger partial charge on any atom is 0.408 e. The Balaban J connectivity index is 1.06. The number of halogens is 1. The highest BCUT2D eigenvalue weighted by Gasteiger charge is 2.62. The number of pyridine rings is 1. The molecule has 342 valence electrons. The van der Waals surface area contributed by atoms with Crippen molar-refractivity contribution in [3.05, 3.63) is 59.6 Å². The zero-order valence-corrected chi connectivity index (χ0v) is 38.1. The van der Waals surface area contributed by atoms with E-state index in [-0.39, 0.29) is 43.2 Å². The molecule has 0 spiro atoms. The molecule has 0 bridgehead atoms. The standard InChI is InChI=1S/C47H56ClN5O10S/c1-25-7-5-6-8-31-23-47(31,45(56)52-64(58,59)35-11-12-35)51-42(54)39-22-34(24-53(39)44(55)41(26(2)15-25)50-46(57)63-33-17-28-16-29(28)18-33)62-43-36-13-10-32(60-3)19-30(36)21-38(49-43)27-9-14-40(61-4)37(48)20-27/h6,8-10,13-14,19-21,25-26,28-29,31,33-35,39,41H,5,7,11-12,15-18,22-24H2,1-4H3,(H,50,57)(H,51,54)(H,52,56)/b8-6-/t25-,26-,28-,29+,31-,33+,34-,39+,41+,47-/m1/s1. The average Bonchev–Trinajstić information content (AvgIpc) is 4.23. The van der Waals surface area contributed by atoms with Crippen LogP contribution in [-0.4, -0.2) is 98.0 Å². The lowest BCUT2D eigenvalue weighted by atomic mass is 9.88. The van der Waals surface area contributed by atoms with Gasteiger partial charge in [-0.2, -0.15) is 0 Å². The number of methoxy groups -OCH3 is 2. The van der Waals surface area contributed by atoms with Crippen LogP contribution in [0.3, 0.4) is 0 Å². The Kier molecular flexibility index (Phi) is 12.0. The molecule has 5 fully saturated rings. The third-order valence-corrected chi connectivity index (χ3v) is 16.2. The zero-order valence-electron chi connectivity index (χ0n) is 36.5. The fourth-order valence-corrected chi connectivity index (χ4v) is 11.7. The fraction of sp³-hybridized carbons (Fsp3) is 0.553. The highest BCUT2D eigenvalue weighted by Crippen LogP contribution is 2.52. The number of hydrogen-bond acceptors (Lipinski definition) is 11. The smallest absolute Gasteiger partial charge is 0.408 e. The lowest BCUT2D eigenvalue weighted by molar-refractivity contribution is -0.142. The number of allylic oxidation sites excluding steroid dienone is 1. The summed E-state index contributed by atoms with van der Waals surface area (Å²) in [4.78, 5) is 63.9. The molecule has 1 aromatic heterocycles. The van der Waals surface area contributed by atoms with E-state index in [9.17, 15) is 22.8 Å². The fourth-order valence-electron chi connectivity index (χ4n) is 10.1. The molecule has 64 heavy (non-hydrogen) atoms. The molecule has 3 N–H and O–H groups in total. The van der Waals surface area contributed by atoms with Crippen molar-refractivity contribution in [2.24, 2.45) is 29.6 Å². The van der Waals surface area contributed by atoms with Crippen molar-refractivity contribution in [1.29, 1.82) is 0 Å². The molecule has 2 aromatic carbocycles. The number of carbonyl (C=O) groups excluding carboxylic acids is 4. The molecule has 4 saturated carbocycles. The molecule has 9 rings (SSSR count). The van der Waals surface area contributed by atoms with Crippen LogP contribution in [0.4, 0.5) is 4.79 Å². The second kappa shape index (κ2) is 17.4. The van der Waals surface area contributed by atoms with Gasteiger partial charge in [0.15, 0.2) is 0 Å². The van der Waals surface area contributed by atoms with E-state index in [0.29, 0.717) is 70.7 Å². The van der Waals surface area contributed by atoms with Crippen LogP contribution >= 0.6 is 11.6 Å². The van der Waals surface area contributed by atoms with Gasteiger partial charge in [0.05, 0.1) is 36.7 Å². The van der Waals surface area contributed by atoms with E-state index in [1.165, 1.54) is 12.0 Å². The van der Waals surface area contributed by atoms with Crippen molar-refractivity contribution < 1.29 is 46.5 Å². The van der Waals surface area contributed by atoms with Crippen LogP contribution in [0.25, 0.3) is 22.0 Å². The molecule has 4 aliphatic carbocycles. The summed E-state index contributed by atoms with van der Waals surface area (Å²) in [6.07, 6.45) is 8.10. The first-order chi connectivity index (χ1) is 30.6. The van der Waals surface area contributed by atoms with E-state index in [1.54, 1.807) is 25.3 Å². The Hall–Kier alpha value is -5.09. The molecular formula is C47H56ClN5O10S. The van der Waals surface area contributed by atoms with Crippen LogP contribution in [0.1, 0.15) is 78.1 Å². The van der Waals surface area contributed by atoms with Gasteiger partial charge < -0.3 is 34.5 Å². The van der Waals surface area contributed by atoms with Crippen LogP contribution in [0.15, 0.2) is 54.6 Å². The minimum Gasteiger partial charge on any atom is -0.497 e. The van der Waals surface area contributed by atoms with E-state index in [1.807, 2.05) is 43.3 Å². The van der Waals surface area contributed by atoms with E-state index in [0.717, 1.165) is 31.1 Å². The number of alkyl carbamates (subject to hydrolysis) is 1. The van der Waals surface area contributed by atoms with Gasteiger partial charge in [-0.15, -0.1) is 0 Å². The third kappa shape index (κ3) is 9.09. The summed E-state index contributed by atoms with van der Waals surface area (Å²) in [7, 11) is -0.826. The predicted octanol–water partition coefficient (Wildman–Crippen LogP) is 6.31. The van der Waals surface area contributed by atoms with Crippen LogP contribution < -0.4 is 29.6 Å². The summed E-state index contributed by atoms with van der Waals surface area (Å²) in [5.41, 5.74) is -0.321. The molecule has 3 heterocycles. The topological polar surface area (TPSA) is 192 Å². The molecule has 17 heteroatoms. The number of rotatable bonds is 10. The number of hydrogen-bond donors (Lipinski definition) is 3. The molecule has 4 amide bonds. The zero-order chi connectivity index (χ0) is 45.1. The van der Waals surface area contributed by atoms with Crippen molar-refractivity contribution in [3.63, 3.8) is 0 Å². The summed E-state index contributed by atoms with van der Waals surface area (Å²) >= 11 is 6.55. The third-order valence-electron chi connectivity index (χ3n) is 14.1. The van der Waals surface area contributed by atoms with Crippen molar-refractivity contribution in [2.45, 2.75) is 113 Å². The Morgan fingerprint density at radius 3 is 2.44 bits per heavy atom. The van der Waals surface area contributed by atoms with Crippen LogP contribution in [0, 0.1) is 29.6 Å². The van der Waals surface area contributed by atoms with Gasteiger partial charge in [0, 0.05) is 23.3 Å². The number of benzene rings is 2. The maximum absolute atomic E-state index is 15.1. The summed E-state index contributed by atoms with van der Waals surface area (Å²) in [5.74, 6) is -0.0760. The molecule has 0 unspecified atom stereocenters. The molecule has 1 saturated heterocycles. The van der Waals surface area contributed by atoms with Crippen LogP contribution in [-0.2, 0) is 29.1 Å². The minimum absolute atomic E-state index is 0.000865. The number of ether oxygens (including phenoxy) is 4. The van der Waals surface area contributed by atoms with Crippen molar-refractivity contribution in [3.8, 4) is 28.6 Å². The van der Waals surface area contributed by atoms with Gasteiger partial charge in [-0.1, -0.05) is 37.6 Å². The molecule has 6 aliphatic rings. The van der Waals surface area contributed by atoms with E-state index < -0.39 is 68.7 Å². The quantitative estimate of drug-likeness (QED) is 0.193. The SMILES string of the molecule is COc1ccc2c(O[C@@H]3C[C@H]4C(=O)N[C@]5(C(=O)NS(=O)(=O)C6CC6)C[C@H]5/C=C\CC[C@@H](C)C[C@@H](C)[C@H](NC(=O)O[C@@H]5C[C@@H]6C[C@@H]6C5)C(=O)N4C3)nc(-c3ccc(OC)c(Cl)c3)cc2c1. The molecule has 15 nitrogen and oxygen atoms in total. The highest BCUT2D eigenvalue weighted by molar-refractivity contribution is 7.91. The minimum atomic E-state index is -3.93. The van der Waals surface area contributed by atoms with Gasteiger partial charge in [0.2, 0.25) is 27.7 Å². The van der Waals surface area contributed by atoms with Gasteiger partial charge in [-0.3, -0.25) is 19.1 Å². The van der Waals surface area contributed by atoms with E-state index >= 15 is 4.79 Å². The number of nitrogens with zero attached hydrogens (tertiary/aromatic N) is 2. The highest BCUT2D eigenvalue weighted by atomic mass is 35.5. The first-order valence-corrected chi connectivity index (χ1v) is 24.4. The number of aromatic nitrogens is 1. The number of nitrogens with one attached hydrogen (secondary N) is 3. The summed E-state index contributed by atoms with van der Waals surface area (Å²) in [5, 5.41) is 7.00. The summed E-state index contributed by atoms with van der Waals surface area (Å²) in [6, 6.07) is 10.5. The number of carbonyl (C=O) groups is 4. The normalized spacial score (nSPS) is 31.8. The largest absolute Gasteiger partial charge is 0.497 e. The van der Waals surface area contributed by atoms with Crippen LogP contribution in [0.5, 0.6) is 17.4 Å². The molecule has 2 aliphatic heterocycles. The van der Waals surface area contributed by atoms with Gasteiger partial charge in [0.1, 0.15) is 41.3 Å². The van der Waals surface area contributed by atoms with Crippen molar-refractivity contribution in [2.75, 3.05) is 20.8 Å². The Bertz CT molecular complexity index is 2490. The Morgan fingerprint density at radius 1 is 0.938 bits per heavy atom. The molecule has 3 aromatic rings. The monoisotopic (exact) mass is 917 g/mol. The van der Waals surface area contributed by atoms with Gasteiger partial charge in [-0.25, -0.2) is 18.2 Å². The first-order valence-electron chi connectivity index (χ1n) is 22.5. The van der Waals surface area contributed by atoms with Crippen molar-refractivity contribution >= 4 is 56.2 Å². The molecule has 10 atom stereocenters. The van der Waals surface area contributed by atoms with Gasteiger partial charge >= 0.3 is 6.09 Å². The van der Waals surface area contributed by atoms with E-state index in [4.69, 9.17) is 35.5 Å². The predicted molar refractivity (Wildman–Crippen MR) is 238 cm³/mol. The van der Waals surface area contributed by atoms with Gasteiger partial charge in [0.25, 0.3) is 5.91 Å². The summed E-state index contributed by atoms with van der Waals surface area (Å²) in [6.45, 7) is 3.96. The first kappa shape index (κ1) is 44.1. The lowest BCUT2D eigenvalue weighted by Gasteiger charge is -2.33. The Labute approximate surface area is 378 Å². The average molecular weight is 919 g/mol. The van der Waals surface area contributed by atoms with Crippen molar-refractivity contribution in [1.82, 2.24) is 25.2 Å². The Morgan fingerprint density at radius 2 is 1.72 bits per heavy atom. The molecule has 0 radical (unpaired) electrons. The summed E-state index contributed by atoms with van der Waals surface area (Å²) < 4.78 is 51.9. The second-order valence-corrected chi connectivity index (χ2v) is 21.2. The number of amides is 4.